The fourth-order valence-corrected chi connectivity index (χ4v) is 6.25. The number of anilines is 3. The highest BCUT2D eigenvalue weighted by Crippen LogP contribution is 2.47. The third-order valence-electron chi connectivity index (χ3n) is 7.14. The molecule has 0 aliphatic heterocycles. The number of halogens is 1. The van der Waals surface area contributed by atoms with Gasteiger partial charge in [0.2, 0.25) is 0 Å². The van der Waals surface area contributed by atoms with Crippen LogP contribution in [-0.2, 0) is 5.41 Å². The first-order valence-electron chi connectivity index (χ1n) is 13.2. The van der Waals surface area contributed by atoms with Gasteiger partial charge in [-0.2, -0.15) is 0 Å². The van der Waals surface area contributed by atoms with Crippen LogP contribution >= 0.6 is 22.9 Å². The molecule has 0 atom stereocenters. The molecule has 0 N–H and O–H groups in total. The maximum absolute atomic E-state index is 6.83. The van der Waals surface area contributed by atoms with E-state index in [1.54, 1.807) is 11.3 Å². The van der Waals surface area contributed by atoms with Crippen LogP contribution in [0.4, 0.5) is 17.1 Å². The minimum Gasteiger partial charge on any atom is -0.308 e. The summed E-state index contributed by atoms with van der Waals surface area (Å²) in [4.78, 5) is 2.38. The summed E-state index contributed by atoms with van der Waals surface area (Å²) in [5, 5.41) is 4.20. The van der Waals surface area contributed by atoms with Gasteiger partial charge in [0.1, 0.15) is 0 Å². The summed E-state index contributed by atoms with van der Waals surface area (Å²) in [6.07, 6.45) is 0. The zero-order valence-corrected chi connectivity index (χ0v) is 23.9. The molecule has 6 aromatic rings. The molecule has 1 heterocycles. The van der Waals surface area contributed by atoms with Gasteiger partial charge in [0.05, 0.1) is 11.4 Å². The zero-order chi connectivity index (χ0) is 27.0. The lowest BCUT2D eigenvalue weighted by Gasteiger charge is -2.30. The highest BCUT2D eigenvalue weighted by atomic mass is 35.5. The average molecular weight is 544 g/mol. The molecule has 5 aromatic carbocycles. The van der Waals surface area contributed by atoms with E-state index in [9.17, 15) is 0 Å². The second-order valence-electron chi connectivity index (χ2n) is 10.9. The molecule has 0 saturated heterocycles. The van der Waals surface area contributed by atoms with Crippen LogP contribution in [0.1, 0.15) is 26.3 Å². The molecule has 0 bridgehead atoms. The van der Waals surface area contributed by atoms with Gasteiger partial charge in [-0.1, -0.05) is 117 Å². The lowest BCUT2D eigenvalue weighted by Crippen LogP contribution is -2.14. The molecule has 0 unspecified atom stereocenters. The second kappa shape index (κ2) is 10.4. The second-order valence-corrected chi connectivity index (χ2v) is 12.2. The van der Waals surface area contributed by atoms with Crippen molar-refractivity contribution in [3.8, 4) is 22.3 Å². The molecule has 6 rings (SSSR count). The minimum absolute atomic E-state index is 0.0263. The van der Waals surface area contributed by atoms with Crippen LogP contribution in [0.5, 0.6) is 0 Å². The van der Waals surface area contributed by atoms with Crippen LogP contribution < -0.4 is 4.90 Å². The van der Waals surface area contributed by atoms with E-state index in [-0.39, 0.29) is 5.41 Å². The Morgan fingerprint density at radius 3 is 2.00 bits per heavy atom. The van der Waals surface area contributed by atoms with Crippen molar-refractivity contribution >= 4 is 50.1 Å². The third kappa shape index (κ3) is 5.11. The molecule has 1 nitrogen and oxygen atoms in total. The van der Waals surface area contributed by atoms with E-state index in [1.807, 2.05) is 12.1 Å². The Morgan fingerprint density at radius 2 is 1.28 bits per heavy atom. The number of thiophene rings is 1. The summed E-state index contributed by atoms with van der Waals surface area (Å²) >= 11 is 8.60. The number of nitrogens with zero attached hydrogens (tertiary/aromatic N) is 1. The zero-order valence-electron chi connectivity index (χ0n) is 22.4. The number of hydrogen-bond acceptors (Lipinski definition) is 2. The van der Waals surface area contributed by atoms with Gasteiger partial charge >= 0.3 is 0 Å². The van der Waals surface area contributed by atoms with Gasteiger partial charge in [-0.25, -0.2) is 0 Å². The lowest BCUT2D eigenvalue weighted by molar-refractivity contribution is 0.590. The summed E-state index contributed by atoms with van der Waals surface area (Å²) < 4.78 is 1.26. The molecule has 0 saturated carbocycles. The number of benzene rings is 5. The quantitative estimate of drug-likeness (QED) is 0.209. The molecular formula is C36H30ClNS. The predicted octanol–water partition coefficient (Wildman–Crippen LogP) is 11.7. The molecular weight excluding hydrogens is 514 g/mol. The standard InChI is InChI=1S/C36H30ClNS/c1-36(2,3)28-18-19-33(32(22-28)26-14-8-5-9-15-26)38(34-24-39-35-17-11-10-16-31(34)35)30-21-27(20-29(37)23-30)25-12-6-4-7-13-25/h4-24H,1-3H3. The lowest BCUT2D eigenvalue weighted by atomic mass is 9.84. The largest absolute Gasteiger partial charge is 0.308 e. The first kappa shape index (κ1) is 25.4. The Balaban J connectivity index is 1.65. The van der Waals surface area contributed by atoms with E-state index in [1.165, 1.54) is 26.8 Å². The van der Waals surface area contributed by atoms with E-state index in [0.717, 1.165) is 28.2 Å². The summed E-state index contributed by atoms with van der Waals surface area (Å²) in [6.45, 7) is 6.80. The van der Waals surface area contributed by atoms with Crippen LogP contribution in [0.15, 0.2) is 127 Å². The molecule has 192 valence electrons. The molecule has 0 amide bonds. The molecule has 0 fully saturated rings. The van der Waals surface area contributed by atoms with Crippen molar-refractivity contribution in [2.45, 2.75) is 26.2 Å². The van der Waals surface area contributed by atoms with E-state index in [4.69, 9.17) is 11.6 Å². The normalized spacial score (nSPS) is 11.6. The molecule has 0 radical (unpaired) electrons. The Bertz CT molecular complexity index is 1750. The molecule has 39 heavy (non-hydrogen) atoms. The first-order chi connectivity index (χ1) is 18.9. The van der Waals surface area contributed by atoms with Gasteiger partial charge in [-0.05, 0) is 64.1 Å². The van der Waals surface area contributed by atoms with Crippen LogP contribution in [0.3, 0.4) is 0 Å². The van der Waals surface area contributed by atoms with Crippen molar-refractivity contribution < 1.29 is 0 Å². The number of fused-ring (bicyclic) bond motifs is 1. The fraction of sp³-hybridized carbons (Fsp3) is 0.111. The van der Waals surface area contributed by atoms with Gasteiger partial charge in [0, 0.05) is 31.7 Å². The van der Waals surface area contributed by atoms with E-state index >= 15 is 0 Å². The van der Waals surface area contributed by atoms with Gasteiger partial charge in [-0.3, -0.25) is 0 Å². The summed E-state index contributed by atoms with van der Waals surface area (Å²) in [5.74, 6) is 0. The predicted molar refractivity (Wildman–Crippen MR) is 171 cm³/mol. The van der Waals surface area contributed by atoms with Crippen molar-refractivity contribution in [3.63, 3.8) is 0 Å². The molecule has 0 aliphatic rings. The van der Waals surface area contributed by atoms with E-state index in [0.29, 0.717) is 5.02 Å². The maximum atomic E-state index is 6.83. The Labute approximate surface area is 240 Å². The Morgan fingerprint density at radius 1 is 0.615 bits per heavy atom. The molecule has 0 spiro atoms. The van der Waals surface area contributed by atoms with Gasteiger partial charge in [-0.15, -0.1) is 11.3 Å². The van der Waals surface area contributed by atoms with E-state index in [2.05, 4.69) is 140 Å². The highest BCUT2D eigenvalue weighted by Gasteiger charge is 2.23. The van der Waals surface area contributed by atoms with Crippen LogP contribution in [0.25, 0.3) is 32.3 Å². The summed E-state index contributed by atoms with van der Waals surface area (Å²) in [7, 11) is 0. The number of hydrogen-bond donors (Lipinski definition) is 0. The van der Waals surface area contributed by atoms with Crippen LogP contribution in [-0.4, -0.2) is 0 Å². The monoisotopic (exact) mass is 543 g/mol. The Hall–Kier alpha value is -3.85. The summed E-state index contributed by atoms with van der Waals surface area (Å²) in [5.41, 5.74) is 9.25. The van der Waals surface area contributed by atoms with Crippen molar-refractivity contribution in [2.75, 3.05) is 4.90 Å². The highest BCUT2D eigenvalue weighted by molar-refractivity contribution is 7.17. The Kier molecular flexibility index (Phi) is 6.76. The van der Waals surface area contributed by atoms with Crippen molar-refractivity contribution in [2.24, 2.45) is 0 Å². The van der Waals surface area contributed by atoms with Crippen LogP contribution in [0.2, 0.25) is 5.02 Å². The average Bonchev–Trinajstić information content (AvgIpc) is 3.37. The molecule has 1 aromatic heterocycles. The van der Waals surface area contributed by atoms with Crippen molar-refractivity contribution in [1.82, 2.24) is 0 Å². The maximum Gasteiger partial charge on any atom is 0.0647 e. The van der Waals surface area contributed by atoms with Gasteiger partial charge < -0.3 is 4.90 Å². The topological polar surface area (TPSA) is 3.24 Å². The van der Waals surface area contributed by atoms with Crippen molar-refractivity contribution in [3.05, 3.63) is 137 Å². The SMILES string of the molecule is CC(C)(C)c1ccc(N(c2cc(Cl)cc(-c3ccccc3)c2)c2csc3ccccc23)c(-c2ccccc2)c1. The first-order valence-corrected chi connectivity index (χ1v) is 14.5. The smallest absolute Gasteiger partial charge is 0.0647 e. The van der Waals surface area contributed by atoms with Gasteiger partial charge in [0.25, 0.3) is 0 Å². The molecule has 3 heteroatoms. The number of rotatable bonds is 5. The minimum atomic E-state index is 0.0263. The van der Waals surface area contributed by atoms with E-state index < -0.39 is 0 Å². The summed E-state index contributed by atoms with van der Waals surface area (Å²) in [6, 6.07) is 43.0. The molecule has 0 aliphatic carbocycles. The van der Waals surface area contributed by atoms with Gasteiger partial charge in [0.15, 0.2) is 0 Å². The third-order valence-corrected chi connectivity index (χ3v) is 8.31. The van der Waals surface area contributed by atoms with Crippen LogP contribution in [0, 0.1) is 0 Å². The fourth-order valence-electron chi connectivity index (χ4n) is 5.09. The van der Waals surface area contributed by atoms with Crippen molar-refractivity contribution in [1.29, 1.82) is 0 Å².